The molecule has 1 fully saturated rings. The summed E-state index contributed by atoms with van der Waals surface area (Å²) in [6, 6.07) is 0. The zero-order chi connectivity index (χ0) is 8.27. The van der Waals surface area contributed by atoms with E-state index in [1.54, 1.807) is 0 Å². The van der Waals surface area contributed by atoms with Crippen LogP contribution in [0.5, 0.6) is 0 Å². The minimum Gasteiger partial charge on any atom is -0.478 e. The van der Waals surface area contributed by atoms with E-state index >= 15 is 0 Å². The minimum absolute atomic E-state index is 0.214. The summed E-state index contributed by atoms with van der Waals surface area (Å²) in [5.41, 5.74) is 0.386. The first-order valence-electron chi connectivity index (χ1n) is 3.71. The molecule has 0 spiro atoms. The van der Waals surface area contributed by atoms with Crippen LogP contribution in [0, 0.1) is 5.92 Å². The maximum atomic E-state index is 10.5. The predicted molar refractivity (Wildman–Crippen MR) is 46.8 cm³/mol. The van der Waals surface area contributed by atoms with Crippen molar-refractivity contribution in [3.63, 3.8) is 0 Å². The number of aliphatic carboxylic acids is 1. The van der Waals surface area contributed by atoms with Crippen molar-refractivity contribution in [1.29, 1.82) is 0 Å². The molecule has 11 heavy (non-hydrogen) atoms. The Morgan fingerprint density at radius 2 is 2.36 bits per heavy atom. The van der Waals surface area contributed by atoms with Gasteiger partial charge in [-0.3, -0.25) is 0 Å². The largest absolute Gasteiger partial charge is 0.478 e. The van der Waals surface area contributed by atoms with Gasteiger partial charge in [-0.2, -0.15) is 11.8 Å². The van der Waals surface area contributed by atoms with E-state index in [2.05, 4.69) is 6.58 Å². The molecule has 1 N–H and O–H groups in total. The van der Waals surface area contributed by atoms with Crippen molar-refractivity contribution in [3.05, 3.63) is 12.2 Å². The first-order chi connectivity index (χ1) is 5.22. The van der Waals surface area contributed by atoms with E-state index in [4.69, 9.17) is 5.11 Å². The summed E-state index contributed by atoms with van der Waals surface area (Å²) in [7, 11) is 0. The monoisotopic (exact) mass is 172 g/mol. The second-order valence-electron chi connectivity index (χ2n) is 2.74. The van der Waals surface area contributed by atoms with Crippen LogP contribution in [0.25, 0.3) is 0 Å². The molecule has 0 radical (unpaired) electrons. The van der Waals surface area contributed by atoms with Gasteiger partial charge in [0, 0.05) is 11.3 Å². The molecule has 3 heteroatoms. The van der Waals surface area contributed by atoms with Crippen LogP contribution in [0.3, 0.4) is 0 Å². The Hall–Kier alpha value is -0.440. The van der Waals surface area contributed by atoms with Crippen LogP contribution in [0.4, 0.5) is 0 Å². The third kappa shape index (κ3) is 2.26. The summed E-state index contributed by atoms with van der Waals surface area (Å²) >= 11 is 1.82. The van der Waals surface area contributed by atoms with Gasteiger partial charge in [0.2, 0.25) is 0 Å². The minimum atomic E-state index is -0.836. The second kappa shape index (κ2) is 3.81. The maximum absolute atomic E-state index is 10.5. The normalized spacial score (nSPS) is 24.5. The summed E-state index contributed by atoms with van der Waals surface area (Å²) in [5.74, 6) is 1.48. The van der Waals surface area contributed by atoms with Gasteiger partial charge in [0.05, 0.1) is 0 Å². The summed E-state index contributed by atoms with van der Waals surface area (Å²) in [6.07, 6.45) is 2.12. The molecule has 0 amide bonds. The molecule has 0 aliphatic carbocycles. The molecule has 0 bridgehead atoms. The third-order valence-corrected chi connectivity index (χ3v) is 3.14. The highest BCUT2D eigenvalue weighted by atomic mass is 32.2. The fraction of sp³-hybridized carbons (Fsp3) is 0.625. The molecule has 1 saturated heterocycles. The number of hydrogen-bond acceptors (Lipinski definition) is 2. The summed E-state index contributed by atoms with van der Waals surface area (Å²) < 4.78 is 0. The van der Waals surface area contributed by atoms with Crippen molar-refractivity contribution >= 4 is 17.7 Å². The number of thioether (sulfide) groups is 1. The van der Waals surface area contributed by atoms with Gasteiger partial charge in [-0.05, 0) is 24.5 Å². The Morgan fingerprint density at radius 3 is 2.82 bits per heavy atom. The van der Waals surface area contributed by atoms with Crippen LogP contribution in [0.15, 0.2) is 12.2 Å². The van der Waals surface area contributed by atoms with E-state index in [-0.39, 0.29) is 5.92 Å². The Labute approximate surface area is 70.7 Å². The van der Waals surface area contributed by atoms with E-state index in [0.717, 1.165) is 18.6 Å². The van der Waals surface area contributed by atoms with Crippen LogP contribution < -0.4 is 0 Å². The molecule has 1 aliphatic heterocycles. The van der Waals surface area contributed by atoms with E-state index in [1.807, 2.05) is 11.8 Å². The number of carbonyl (C=O) groups is 1. The van der Waals surface area contributed by atoms with Gasteiger partial charge in [-0.15, -0.1) is 0 Å². The zero-order valence-corrected chi connectivity index (χ0v) is 7.19. The molecule has 62 valence electrons. The summed E-state index contributed by atoms with van der Waals surface area (Å²) in [4.78, 5) is 10.5. The lowest BCUT2D eigenvalue weighted by molar-refractivity contribution is -0.133. The van der Waals surface area contributed by atoms with Crippen molar-refractivity contribution in [1.82, 2.24) is 0 Å². The van der Waals surface area contributed by atoms with Crippen molar-refractivity contribution in [2.75, 3.05) is 11.5 Å². The molecule has 0 aromatic heterocycles. The number of carboxylic acids is 1. The van der Waals surface area contributed by atoms with Gasteiger partial charge in [0.25, 0.3) is 0 Å². The third-order valence-electron chi connectivity index (χ3n) is 1.93. The van der Waals surface area contributed by atoms with E-state index < -0.39 is 5.97 Å². The molecule has 1 heterocycles. The molecular weight excluding hydrogens is 160 g/mol. The Morgan fingerprint density at radius 1 is 1.64 bits per heavy atom. The van der Waals surface area contributed by atoms with Crippen LogP contribution in [-0.4, -0.2) is 22.6 Å². The van der Waals surface area contributed by atoms with Crippen LogP contribution in [-0.2, 0) is 4.79 Å². The van der Waals surface area contributed by atoms with Gasteiger partial charge in [0.1, 0.15) is 0 Å². The Kier molecular flexibility index (Phi) is 3.00. The van der Waals surface area contributed by atoms with Gasteiger partial charge in [-0.1, -0.05) is 6.58 Å². The first kappa shape index (κ1) is 8.65. The quantitative estimate of drug-likeness (QED) is 0.645. The lowest BCUT2D eigenvalue weighted by atomic mass is 9.97. The van der Waals surface area contributed by atoms with Crippen molar-refractivity contribution in [2.45, 2.75) is 12.8 Å². The number of hydrogen-bond donors (Lipinski definition) is 1. The molecule has 1 aliphatic rings. The van der Waals surface area contributed by atoms with Crippen LogP contribution in [0.1, 0.15) is 12.8 Å². The highest BCUT2D eigenvalue weighted by Gasteiger charge is 2.20. The molecule has 1 atom stereocenters. The lowest BCUT2D eigenvalue weighted by Crippen LogP contribution is -2.17. The van der Waals surface area contributed by atoms with Crippen LogP contribution in [0.2, 0.25) is 0 Å². The summed E-state index contributed by atoms with van der Waals surface area (Å²) in [6.45, 7) is 3.56. The molecule has 2 nitrogen and oxygen atoms in total. The Bertz CT molecular complexity index is 171. The molecule has 0 saturated carbocycles. The predicted octanol–water partition coefficient (Wildman–Crippen LogP) is 1.77. The van der Waals surface area contributed by atoms with Crippen molar-refractivity contribution < 1.29 is 9.90 Å². The standard InChI is InChI=1S/C8H12O2S/c1-6(8(9)10)7-3-2-4-11-5-7/h7H,1-5H2,(H,9,10). The highest BCUT2D eigenvalue weighted by Crippen LogP contribution is 2.27. The zero-order valence-electron chi connectivity index (χ0n) is 6.38. The summed E-state index contributed by atoms with van der Waals surface area (Å²) in [5, 5.41) is 8.63. The first-order valence-corrected chi connectivity index (χ1v) is 4.87. The van der Waals surface area contributed by atoms with Gasteiger partial charge in [0.15, 0.2) is 0 Å². The highest BCUT2D eigenvalue weighted by molar-refractivity contribution is 7.99. The van der Waals surface area contributed by atoms with E-state index in [0.29, 0.717) is 5.57 Å². The average molecular weight is 172 g/mol. The van der Waals surface area contributed by atoms with E-state index in [9.17, 15) is 4.79 Å². The lowest BCUT2D eigenvalue weighted by Gasteiger charge is -2.20. The molecule has 0 aromatic rings. The second-order valence-corrected chi connectivity index (χ2v) is 3.89. The maximum Gasteiger partial charge on any atom is 0.331 e. The van der Waals surface area contributed by atoms with Crippen molar-refractivity contribution in [3.8, 4) is 0 Å². The topological polar surface area (TPSA) is 37.3 Å². The number of carboxylic acid groups (broad SMARTS) is 1. The molecule has 1 rings (SSSR count). The fourth-order valence-corrected chi connectivity index (χ4v) is 2.38. The van der Waals surface area contributed by atoms with Crippen molar-refractivity contribution in [2.24, 2.45) is 5.92 Å². The number of rotatable bonds is 2. The SMILES string of the molecule is C=C(C(=O)O)C1CCCSC1. The fourth-order valence-electron chi connectivity index (χ4n) is 1.19. The average Bonchev–Trinajstić information content (AvgIpc) is 2.05. The smallest absolute Gasteiger partial charge is 0.331 e. The Balaban J connectivity index is 2.45. The van der Waals surface area contributed by atoms with Crippen LogP contribution >= 0.6 is 11.8 Å². The molecular formula is C8H12O2S. The van der Waals surface area contributed by atoms with Gasteiger partial charge < -0.3 is 5.11 Å². The van der Waals surface area contributed by atoms with Gasteiger partial charge >= 0.3 is 5.97 Å². The molecule has 0 aromatic carbocycles. The van der Waals surface area contributed by atoms with Gasteiger partial charge in [-0.25, -0.2) is 4.79 Å². The van der Waals surface area contributed by atoms with E-state index in [1.165, 1.54) is 5.75 Å². The molecule has 1 unspecified atom stereocenters.